The van der Waals surface area contributed by atoms with Gasteiger partial charge in [0.05, 0.1) is 6.10 Å². The first kappa shape index (κ1) is 17.3. The highest BCUT2D eigenvalue weighted by Gasteiger charge is 2.53. The molecule has 0 aromatic heterocycles. The van der Waals surface area contributed by atoms with E-state index in [0.717, 1.165) is 19.0 Å². The van der Waals surface area contributed by atoms with Crippen LogP contribution < -0.4 is 5.32 Å². The van der Waals surface area contributed by atoms with Crippen LogP contribution in [0.2, 0.25) is 0 Å². The van der Waals surface area contributed by atoms with Gasteiger partial charge in [-0.15, -0.1) is 0 Å². The summed E-state index contributed by atoms with van der Waals surface area (Å²) in [6.45, 7) is 17.6. The summed E-state index contributed by atoms with van der Waals surface area (Å²) in [6.07, 6.45) is 0.164. The minimum atomic E-state index is 0.115. The summed E-state index contributed by atoms with van der Waals surface area (Å²) >= 11 is 0. The summed E-state index contributed by atoms with van der Waals surface area (Å²) in [5, 5.41) is 3.47. The lowest BCUT2D eigenvalue weighted by atomic mass is 9.65. The lowest BCUT2D eigenvalue weighted by Gasteiger charge is -2.62. The highest BCUT2D eigenvalue weighted by molar-refractivity contribution is 5.82. The molecule has 4 heteroatoms. The smallest absolute Gasteiger partial charge is 0.194 e. The van der Waals surface area contributed by atoms with Crippen LogP contribution in [0.25, 0.3) is 0 Å². The van der Waals surface area contributed by atoms with Gasteiger partial charge >= 0.3 is 0 Å². The maximum absolute atomic E-state index is 5.60. The van der Waals surface area contributed by atoms with Gasteiger partial charge in [-0.05, 0) is 19.3 Å². The number of rotatable bonds is 3. The zero-order chi connectivity index (χ0) is 15.8. The predicted octanol–water partition coefficient (Wildman–Crippen LogP) is 2.74. The molecule has 0 spiro atoms. The second kappa shape index (κ2) is 5.55. The minimum absolute atomic E-state index is 0.115. The van der Waals surface area contributed by atoms with E-state index in [1.165, 1.54) is 0 Å². The maximum Gasteiger partial charge on any atom is 0.194 e. The van der Waals surface area contributed by atoms with Gasteiger partial charge in [-0.2, -0.15) is 0 Å². The van der Waals surface area contributed by atoms with E-state index in [-0.39, 0.29) is 17.1 Å². The van der Waals surface area contributed by atoms with Crippen molar-refractivity contribution in [2.24, 2.45) is 15.8 Å². The Bertz CT molecular complexity index is 366. The number of nitrogens with one attached hydrogen (secondary N) is 1. The van der Waals surface area contributed by atoms with Gasteiger partial charge in [0.2, 0.25) is 0 Å². The first-order valence-corrected chi connectivity index (χ1v) is 7.48. The molecular weight excluding hydrogens is 250 g/mol. The lowest BCUT2D eigenvalue weighted by molar-refractivity contribution is -0.0676. The Morgan fingerprint density at radius 2 is 1.85 bits per heavy atom. The second-order valence-electron chi connectivity index (χ2n) is 8.05. The number of aliphatic imine (C=N–C) groups is 1. The largest absolute Gasteiger partial charge is 0.379 e. The van der Waals surface area contributed by atoms with E-state index < -0.39 is 0 Å². The average molecular weight is 283 g/mol. The Labute approximate surface area is 125 Å². The number of hydrogen-bond acceptors (Lipinski definition) is 2. The molecule has 1 unspecified atom stereocenters. The standard InChI is InChI=1S/C16H33N3O/c1-14(2,3)12(20-9)10-18-13(17-8)19-11-15(4,5)16(19,6)7/h12H,10-11H2,1-9H3,(H,17,18). The van der Waals surface area contributed by atoms with E-state index in [2.05, 4.69) is 63.7 Å². The van der Waals surface area contributed by atoms with E-state index in [4.69, 9.17) is 4.74 Å². The number of guanidine groups is 1. The molecule has 1 fully saturated rings. The summed E-state index contributed by atoms with van der Waals surface area (Å²) in [5.41, 5.74) is 0.554. The molecular formula is C16H33N3O. The molecule has 0 amide bonds. The predicted molar refractivity (Wildman–Crippen MR) is 86.2 cm³/mol. The van der Waals surface area contributed by atoms with Crippen molar-refractivity contribution in [1.29, 1.82) is 0 Å². The quantitative estimate of drug-likeness (QED) is 0.639. The Hall–Kier alpha value is -0.770. The first-order chi connectivity index (χ1) is 8.97. The highest BCUT2D eigenvalue weighted by atomic mass is 16.5. The number of hydrogen-bond donors (Lipinski definition) is 1. The number of nitrogens with zero attached hydrogens (tertiary/aromatic N) is 2. The van der Waals surface area contributed by atoms with Crippen molar-refractivity contribution in [2.45, 2.75) is 60.1 Å². The van der Waals surface area contributed by atoms with Crippen LogP contribution in [0.3, 0.4) is 0 Å². The highest BCUT2D eigenvalue weighted by Crippen LogP contribution is 2.46. The van der Waals surface area contributed by atoms with E-state index in [1.54, 1.807) is 7.11 Å². The van der Waals surface area contributed by atoms with Crippen molar-refractivity contribution >= 4 is 5.96 Å². The zero-order valence-electron chi connectivity index (χ0n) is 14.8. The molecule has 1 N–H and O–H groups in total. The lowest BCUT2D eigenvalue weighted by Crippen LogP contribution is -2.72. The fourth-order valence-electron chi connectivity index (χ4n) is 2.62. The summed E-state index contributed by atoms with van der Waals surface area (Å²) in [4.78, 5) is 6.79. The third kappa shape index (κ3) is 3.11. The van der Waals surface area contributed by atoms with Gasteiger partial charge in [0.25, 0.3) is 0 Å². The number of methoxy groups -OCH3 is 1. The summed E-state index contributed by atoms with van der Waals surface area (Å²) in [7, 11) is 3.62. The van der Waals surface area contributed by atoms with Crippen molar-refractivity contribution in [3.05, 3.63) is 0 Å². The van der Waals surface area contributed by atoms with E-state index in [0.29, 0.717) is 5.41 Å². The van der Waals surface area contributed by atoms with Gasteiger partial charge in [-0.3, -0.25) is 4.99 Å². The molecule has 0 aromatic rings. The molecule has 20 heavy (non-hydrogen) atoms. The summed E-state index contributed by atoms with van der Waals surface area (Å²) < 4.78 is 5.60. The van der Waals surface area contributed by atoms with Gasteiger partial charge in [-0.1, -0.05) is 34.6 Å². The molecule has 0 saturated carbocycles. The second-order valence-corrected chi connectivity index (χ2v) is 8.05. The molecule has 1 saturated heterocycles. The molecule has 0 bridgehead atoms. The van der Waals surface area contributed by atoms with E-state index in [9.17, 15) is 0 Å². The SMILES string of the molecule is CN=C(NCC(OC)C(C)(C)C)N1CC(C)(C)C1(C)C. The molecule has 4 nitrogen and oxygen atoms in total. The fraction of sp³-hybridized carbons (Fsp3) is 0.938. The monoisotopic (exact) mass is 283 g/mol. The third-order valence-corrected chi connectivity index (χ3v) is 5.05. The molecule has 1 atom stereocenters. The van der Waals surface area contributed by atoms with Crippen LogP contribution in [0.1, 0.15) is 48.5 Å². The zero-order valence-corrected chi connectivity index (χ0v) is 14.8. The van der Waals surface area contributed by atoms with Crippen molar-refractivity contribution in [2.75, 3.05) is 27.2 Å². The Morgan fingerprint density at radius 1 is 1.30 bits per heavy atom. The van der Waals surface area contributed by atoms with Gasteiger partial charge in [0.1, 0.15) is 0 Å². The van der Waals surface area contributed by atoms with Crippen LogP contribution in [0.15, 0.2) is 4.99 Å². The third-order valence-electron chi connectivity index (χ3n) is 5.05. The first-order valence-electron chi connectivity index (χ1n) is 7.48. The average Bonchev–Trinajstić information content (AvgIpc) is 2.31. The number of likely N-dealkylation sites (tertiary alicyclic amines) is 1. The van der Waals surface area contributed by atoms with Crippen LogP contribution in [0.4, 0.5) is 0 Å². The van der Waals surface area contributed by atoms with Crippen molar-refractivity contribution in [3.8, 4) is 0 Å². The van der Waals surface area contributed by atoms with Crippen LogP contribution in [-0.2, 0) is 4.74 Å². The van der Waals surface area contributed by atoms with Gasteiger partial charge < -0.3 is 15.0 Å². The van der Waals surface area contributed by atoms with Crippen LogP contribution in [0.5, 0.6) is 0 Å². The number of ether oxygens (including phenoxy) is 1. The van der Waals surface area contributed by atoms with Gasteiger partial charge in [0.15, 0.2) is 5.96 Å². The Balaban J connectivity index is 2.68. The molecule has 1 aliphatic rings. The Kier molecular flexibility index (Phi) is 4.79. The molecule has 1 rings (SSSR count). The Morgan fingerprint density at radius 3 is 2.15 bits per heavy atom. The van der Waals surface area contributed by atoms with Gasteiger partial charge in [-0.25, -0.2) is 0 Å². The van der Waals surface area contributed by atoms with Crippen LogP contribution >= 0.6 is 0 Å². The molecule has 0 aliphatic carbocycles. The molecule has 0 aromatic carbocycles. The molecule has 1 aliphatic heterocycles. The fourth-order valence-corrected chi connectivity index (χ4v) is 2.62. The summed E-state index contributed by atoms with van der Waals surface area (Å²) in [6, 6.07) is 0. The molecule has 1 heterocycles. The normalized spacial score (nSPS) is 23.2. The maximum atomic E-state index is 5.60. The van der Waals surface area contributed by atoms with Crippen molar-refractivity contribution in [3.63, 3.8) is 0 Å². The molecule has 118 valence electrons. The molecule has 0 radical (unpaired) electrons. The van der Waals surface area contributed by atoms with Crippen LogP contribution in [-0.4, -0.2) is 49.7 Å². The minimum Gasteiger partial charge on any atom is -0.379 e. The van der Waals surface area contributed by atoms with E-state index in [1.807, 2.05) is 7.05 Å². The van der Waals surface area contributed by atoms with Gasteiger partial charge in [0, 0.05) is 38.2 Å². The van der Waals surface area contributed by atoms with Crippen LogP contribution in [0, 0.1) is 10.8 Å². The van der Waals surface area contributed by atoms with Crippen molar-refractivity contribution < 1.29 is 4.74 Å². The summed E-state index contributed by atoms with van der Waals surface area (Å²) in [5.74, 6) is 0.973. The van der Waals surface area contributed by atoms with Crippen molar-refractivity contribution in [1.82, 2.24) is 10.2 Å². The van der Waals surface area contributed by atoms with E-state index >= 15 is 0 Å². The topological polar surface area (TPSA) is 36.9 Å².